The number of nitrogens with zero attached hydrogens (tertiary/aromatic N) is 4. The van der Waals surface area contributed by atoms with Crippen molar-refractivity contribution in [2.45, 2.75) is 19.3 Å². The Hall–Kier alpha value is -6.87. The highest BCUT2D eigenvalue weighted by Crippen LogP contribution is 2.55. The molecule has 2 aromatic heterocycles. The molecule has 6 aromatic carbocycles. The lowest BCUT2D eigenvalue weighted by Gasteiger charge is -2.21. The van der Waals surface area contributed by atoms with Crippen LogP contribution in [0.2, 0.25) is 0 Å². The maximum absolute atomic E-state index is 11.0. The fourth-order valence-corrected chi connectivity index (χ4v) is 7.42. The van der Waals surface area contributed by atoms with Crippen LogP contribution in [0.15, 0.2) is 115 Å². The predicted octanol–water partition coefficient (Wildman–Crippen LogP) is 8.80. The summed E-state index contributed by atoms with van der Waals surface area (Å²) >= 11 is 0. The van der Waals surface area contributed by atoms with Crippen LogP contribution in [0.1, 0.15) is 25.0 Å². The number of aromatic hydroxyl groups is 5. The first-order valence-electron chi connectivity index (χ1n) is 16.4. The molecule has 0 amide bonds. The third kappa shape index (κ3) is 4.38. The summed E-state index contributed by atoms with van der Waals surface area (Å²) in [6, 6.07) is 38.3. The van der Waals surface area contributed by atoms with Crippen molar-refractivity contribution in [3.05, 3.63) is 126 Å². The van der Waals surface area contributed by atoms with Gasteiger partial charge < -0.3 is 25.5 Å². The quantitative estimate of drug-likeness (QED) is 0.0923. The molecule has 0 saturated carbocycles. The minimum atomic E-state index is -1.07. The molecule has 8 aromatic rings. The monoisotopic (exact) mass is 670 g/mol. The van der Waals surface area contributed by atoms with E-state index in [-0.39, 0.29) is 23.0 Å². The van der Waals surface area contributed by atoms with Crippen molar-refractivity contribution in [3.8, 4) is 79.7 Å². The Bertz CT molecular complexity index is 2690. The summed E-state index contributed by atoms with van der Waals surface area (Å²) < 4.78 is 1.92. The van der Waals surface area contributed by atoms with Gasteiger partial charge in [-0.05, 0) is 51.6 Å². The summed E-state index contributed by atoms with van der Waals surface area (Å²) in [5.74, 6) is -4.76. The summed E-state index contributed by atoms with van der Waals surface area (Å²) in [7, 11) is 0. The molecule has 0 aliphatic heterocycles. The average Bonchev–Trinajstić information content (AvgIpc) is 3.60. The fourth-order valence-electron chi connectivity index (χ4n) is 7.42. The van der Waals surface area contributed by atoms with Crippen LogP contribution in [0, 0.1) is 0 Å². The molecule has 0 radical (unpaired) electrons. The van der Waals surface area contributed by atoms with Crippen LogP contribution >= 0.6 is 0 Å². The standard InChI is InChI=1S/C42H30N4O5/c1-42(2)29-14-8-6-12-25(29)27-20-28-26-13-7-9-15-31(26)46(32(28)21-30(27)42)41-44-39(24-18-16-23(17-19-24)22-10-4-3-5-11-22)43-40(45-41)33-34(47)36(49)38(51)37(50)35(33)48/h3-21,47-51H,1-2H3. The first kappa shape index (κ1) is 30.2. The van der Waals surface area contributed by atoms with E-state index in [0.29, 0.717) is 5.56 Å². The lowest BCUT2D eigenvalue weighted by molar-refractivity contribution is 0.329. The molecule has 1 aliphatic carbocycles. The predicted molar refractivity (Wildman–Crippen MR) is 196 cm³/mol. The number of fused-ring (bicyclic) bond motifs is 6. The van der Waals surface area contributed by atoms with E-state index in [1.54, 1.807) is 0 Å². The Morgan fingerprint density at radius 3 is 1.80 bits per heavy atom. The van der Waals surface area contributed by atoms with Gasteiger partial charge in [0.2, 0.25) is 23.2 Å². The summed E-state index contributed by atoms with van der Waals surface area (Å²) in [5.41, 5.74) is 8.28. The first-order valence-corrected chi connectivity index (χ1v) is 16.4. The minimum absolute atomic E-state index is 0.174. The molecule has 0 atom stereocenters. The third-order valence-electron chi connectivity index (χ3n) is 10.0. The zero-order valence-electron chi connectivity index (χ0n) is 27.5. The van der Waals surface area contributed by atoms with Crippen molar-refractivity contribution in [1.29, 1.82) is 0 Å². The number of para-hydroxylation sites is 1. The van der Waals surface area contributed by atoms with Gasteiger partial charge in [-0.1, -0.05) is 111 Å². The van der Waals surface area contributed by atoms with Gasteiger partial charge in [-0.25, -0.2) is 4.98 Å². The second-order valence-corrected chi connectivity index (χ2v) is 13.3. The average molecular weight is 671 g/mol. The molecular formula is C42H30N4O5. The zero-order valence-corrected chi connectivity index (χ0v) is 27.5. The maximum atomic E-state index is 11.0. The van der Waals surface area contributed by atoms with Crippen LogP contribution in [0.3, 0.4) is 0 Å². The molecule has 0 fully saturated rings. The third-order valence-corrected chi connectivity index (χ3v) is 10.0. The summed E-state index contributed by atoms with van der Waals surface area (Å²) in [6.07, 6.45) is 0. The fraction of sp³-hybridized carbons (Fsp3) is 0.0714. The largest absolute Gasteiger partial charge is 0.504 e. The van der Waals surface area contributed by atoms with Crippen molar-refractivity contribution >= 4 is 21.8 Å². The number of hydrogen-bond donors (Lipinski definition) is 5. The summed E-state index contributed by atoms with van der Waals surface area (Å²) in [4.78, 5) is 14.4. The number of phenolic OH excluding ortho intramolecular Hbond substituents is 5. The lowest BCUT2D eigenvalue weighted by Crippen LogP contribution is -2.15. The lowest BCUT2D eigenvalue weighted by atomic mass is 9.82. The Morgan fingerprint density at radius 1 is 0.471 bits per heavy atom. The van der Waals surface area contributed by atoms with Gasteiger partial charge in [0.25, 0.3) is 0 Å². The van der Waals surface area contributed by atoms with E-state index in [9.17, 15) is 25.5 Å². The van der Waals surface area contributed by atoms with Crippen molar-refractivity contribution in [2.75, 3.05) is 0 Å². The van der Waals surface area contributed by atoms with E-state index in [2.05, 4.69) is 55.2 Å². The van der Waals surface area contributed by atoms with Gasteiger partial charge >= 0.3 is 0 Å². The molecule has 5 N–H and O–H groups in total. The summed E-state index contributed by atoms with van der Waals surface area (Å²) in [5, 5.41) is 55.0. The smallest absolute Gasteiger partial charge is 0.238 e. The van der Waals surface area contributed by atoms with Gasteiger partial charge in [0.1, 0.15) is 5.56 Å². The molecule has 9 heteroatoms. The van der Waals surface area contributed by atoms with Crippen molar-refractivity contribution in [3.63, 3.8) is 0 Å². The van der Waals surface area contributed by atoms with E-state index in [0.717, 1.165) is 44.1 Å². The highest BCUT2D eigenvalue weighted by molar-refractivity contribution is 6.11. The van der Waals surface area contributed by atoms with Crippen LogP contribution in [0.25, 0.3) is 72.8 Å². The van der Waals surface area contributed by atoms with E-state index in [4.69, 9.17) is 9.97 Å². The molecule has 9 rings (SSSR count). The van der Waals surface area contributed by atoms with E-state index >= 15 is 0 Å². The molecule has 1 aliphatic rings. The summed E-state index contributed by atoms with van der Waals surface area (Å²) in [6.45, 7) is 4.42. The Morgan fingerprint density at radius 2 is 1.06 bits per heavy atom. The van der Waals surface area contributed by atoms with Crippen LogP contribution in [0.5, 0.6) is 28.7 Å². The van der Waals surface area contributed by atoms with Crippen LogP contribution in [-0.2, 0) is 5.41 Å². The van der Waals surface area contributed by atoms with Gasteiger partial charge in [-0.15, -0.1) is 0 Å². The molecule has 0 saturated heterocycles. The number of hydrogen-bond acceptors (Lipinski definition) is 8. The van der Waals surface area contributed by atoms with Gasteiger partial charge in [-0.2, -0.15) is 9.97 Å². The zero-order chi connectivity index (χ0) is 35.2. The Balaban J connectivity index is 1.33. The number of aromatic nitrogens is 4. The van der Waals surface area contributed by atoms with E-state index < -0.39 is 34.3 Å². The van der Waals surface area contributed by atoms with Gasteiger partial charge in [-0.3, -0.25) is 4.57 Å². The first-order chi connectivity index (χ1) is 24.6. The van der Waals surface area contributed by atoms with Crippen LogP contribution < -0.4 is 0 Å². The van der Waals surface area contributed by atoms with Gasteiger partial charge in [0.15, 0.2) is 23.1 Å². The number of phenols is 5. The SMILES string of the molecule is CC1(C)c2ccccc2-c2cc3c4ccccc4n(-c4nc(-c5ccc(-c6ccccc6)cc5)nc(-c5c(O)c(O)c(O)c(O)c5O)n4)c3cc21. The van der Waals surface area contributed by atoms with E-state index in [1.165, 1.54) is 11.1 Å². The normalized spacial score (nSPS) is 13.1. The molecule has 51 heavy (non-hydrogen) atoms. The topological polar surface area (TPSA) is 145 Å². The molecule has 0 unspecified atom stereocenters. The van der Waals surface area contributed by atoms with Crippen molar-refractivity contribution < 1.29 is 25.5 Å². The molecule has 9 nitrogen and oxygen atoms in total. The second kappa shape index (κ2) is 10.8. The minimum Gasteiger partial charge on any atom is -0.504 e. The second-order valence-electron chi connectivity index (χ2n) is 13.3. The molecule has 0 spiro atoms. The molecule has 248 valence electrons. The number of benzene rings is 6. The van der Waals surface area contributed by atoms with Gasteiger partial charge in [0.05, 0.1) is 11.0 Å². The van der Waals surface area contributed by atoms with Gasteiger partial charge in [0, 0.05) is 21.8 Å². The highest BCUT2D eigenvalue weighted by atomic mass is 16.4. The van der Waals surface area contributed by atoms with Crippen LogP contribution in [0.4, 0.5) is 0 Å². The molecule has 0 bridgehead atoms. The maximum Gasteiger partial charge on any atom is 0.238 e. The van der Waals surface area contributed by atoms with Crippen LogP contribution in [-0.4, -0.2) is 45.1 Å². The molecule has 2 heterocycles. The van der Waals surface area contributed by atoms with Crippen molar-refractivity contribution in [2.24, 2.45) is 0 Å². The Labute approximate surface area is 291 Å². The Kier molecular flexibility index (Phi) is 6.41. The highest BCUT2D eigenvalue weighted by Gasteiger charge is 2.36. The van der Waals surface area contributed by atoms with Crippen molar-refractivity contribution in [1.82, 2.24) is 19.5 Å². The van der Waals surface area contributed by atoms with E-state index in [1.807, 2.05) is 83.4 Å². The number of rotatable bonds is 4. The molecular weight excluding hydrogens is 640 g/mol.